The van der Waals surface area contributed by atoms with Gasteiger partial charge in [0.05, 0.1) is 17.7 Å². The van der Waals surface area contributed by atoms with Crippen molar-refractivity contribution in [2.75, 3.05) is 31.6 Å². The van der Waals surface area contributed by atoms with E-state index in [9.17, 15) is 0 Å². The Morgan fingerprint density at radius 1 is 1.12 bits per heavy atom. The second kappa shape index (κ2) is 11.8. The molecule has 0 aliphatic heterocycles. The molecule has 0 radical (unpaired) electrons. The number of guanidine groups is 1. The Morgan fingerprint density at radius 3 is 2.48 bits per heavy atom. The number of nitrogens with one attached hydrogen (secondary N) is 3. The van der Waals surface area contributed by atoms with Crippen LogP contribution in [-0.4, -0.2) is 52.6 Å². The van der Waals surface area contributed by atoms with Gasteiger partial charge in [0, 0.05) is 55.0 Å². The minimum Gasteiger partial charge on any atom is -0.356 e. The van der Waals surface area contributed by atoms with Crippen molar-refractivity contribution >= 4 is 29.5 Å². The maximum atomic E-state index is 4.32. The highest BCUT2D eigenvalue weighted by molar-refractivity contribution is 7.98. The Hall–Kier alpha value is -1.67. The van der Waals surface area contributed by atoms with Crippen LogP contribution in [-0.2, 0) is 11.5 Å². The highest BCUT2D eigenvalue weighted by atomic mass is 32.2. The van der Waals surface area contributed by atoms with Crippen LogP contribution in [0.4, 0.5) is 0 Å². The predicted octanol–water partition coefficient (Wildman–Crippen LogP) is 2.44. The van der Waals surface area contributed by atoms with Crippen molar-refractivity contribution in [3.05, 3.63) is 47.8 Å². The number of hydrogen-bond donors (Lipinski definition) is 3. The van der Waals surface area contributed by atoms with E-state index >= 15 is 0 Å². The Morgan fingerprint density at radius 2 is 1.88 bits per heavy atom. The van der Waals surface area contributed by atoms with Crippen LogP contribution in [0.5, 0.6) is 0 Å². The highest BCUT2D eigenvalue weighted by Gasteiger charge is 2.01. The second-order valence-electron chi connectivity index (χ2n) is 5.33. The summed E-state index contributed by atoms with van der Waals surface area (Å²) in [6.45, 7) is 3.82. The lowest BCUT2D eigenvalue weighted by atomic mass is 10.4. The van der Waals surface area contributed by atoms with Crippen LogP contribution < -0.4 is 10.6 Å². The zero-order valence-corrected chi connectivity index (χ0v) is 16.4. The van der Waals surface area contributed by atoms with Gasteiger partial charge in [0.2, 0.25) is 0 Å². The molecule has 25 heavy (non-hydrogen) atoms. The number of imidazole rings is 1. The van der Waals surface area contributed by atoms with Crippen molar-refractivity contribution in [1.29, 1.82) is 0 Å². The van der Waals surface area contributed by atoms with Crippen LogP contribution in [0.3, 0.4) is 0 Å². The van der Waals surface area contributed by atoms with Gasteiger partial charge in [0.25, 0.3) is 0 Å². The number of H-pyrrole nitrogens is 1. The van der Waals surface area contributed by atoms with E-state index in [1.807, 2.05) is 41.9 Å². The fourth-order valence-corrected chi connectivity index (χ4v) is 3.71. The zero-order chi connectivity index (χ0) is 17.7. The number of rotatable bonds is 10. The average Bonchev–Trinajstić information content (AvgIpc) is 3.05. The molecule has 136 valence electrons. The molecular weight excluding hydrogens is 352 g/mol. The van der Waals surface area contributed by atoms with Gasteiger partial charge in [0.15, 0.2) is 5.96 Å². The van der Waals surface area contributed by atoms with Gasteiger partial charge in [-0.3, -0.25) is 9.98 Å². The average molecular weight is 379 g/mol. The van der Waals surface area contributed by atoms with Crippen molar-refractivity contribution in [3.8, 4) is 0 Å². The van der Waals surface area contributed by atoms with E-state index in [0.29, 0.717) is 0 Å². The molecule has 0 unspecified atom stereocenters. The van der Waals surface area contributed by atoms with Gasteiger partial charge >= 0.3 is 0 Å². The summed E-state index contributed by atoms with van der Waals surface area (Å²) < 4.78 is 0. The molecule has 0 atom stereocenters. The molecule has 2 rings (SSSR count). The third kappa shape index (κ3) is 7.83. The van der Waals surface area contributed by atoms with Crippen LogP contribution in [0.2, 0.25) is 0 Å². The van der Waals surface area contributed by atoms with Gasteiger partial charge in [-0.1, -0.05) is 6.07 Å². The molecule has 2 heterocycles. The molecule has 0 aliphatic rings. The largest absolute Gasteiger partial charge is 0.356 e. The van der Waals surface area contributed by atoms with E-state index in [-0.39, 0.29) is 0 Å². The summed E-state index contributed by atoms with van der Waals surface area (Å²) in [5, 5.41) is 6.68. The number of aliphatic imine (C=N–C) groups is 1. The van der Waals surface area contributed by atoms with Crippen LogP contribution in [0.25, 0.3) is 0 Å². The summed E-state index contributed by atoms with van der Waals surface area (Å²) in [6, 6.07) is 6.03. The lowest BCUT2D eigenvalue weighted by Crippen LogP contribution is -2.39. The number of hydrogen-bond acceptors (Lipinski definition) is 5. The van der Waals surface area contributed by atoms with Gasteiger partial charge in [-0.05, 0) is 19.1 Å². The maximum Gasteiger partial charge on any atom is 0.191 e. The van der Waals surface area contributed by atoms with Crippen LogP contribution in [0.1, 0.15) is 17.1 Å². The Labute approximate surface area is 158 Å². The fourth-order valence-electron chi connectivity index (χ4n) is 2.07. The van der Waals surface area contributed by atoms with Crippen molar-refractivity contribution in [3.63, 3.8) is 0 Å². The van der Waals surface area contributed by atoms with Crippen molar-refractivity contribution < 1.29 is 0 Å². The first-order valence-electron chi connectivity index (χ1n) is 8.28. The molecule has 0 saturated carbocycles. The molecule has 0 aromatic carbocycles. The SMILES string of the molecule is CN=C(NCCSCc1ccccn1)NCCSCc1nc[nH]c1C. The first kappa shape index (κ1) is 19.7. The van der Waals surface area contributed by atoms with Gasteiger partial charge in [0.1, 0.15) is 0 Å². The van der Waals surface area contributed by atoms with Gasteiger partial charge in [-0.25, -0.2) is 4.98 Å². The summed E-state index contributed by atoms with van der Waals surface area (Å²) in [6.07, 6.45) is 3.59. The molecule has 0 saturated heterocycles. The molecule has 2 aromatic rings. The Kier molecular flexibility index (Phi) is 9.28. The zero-order valence-electron chi connectivity index (χ0n) is 14.8. The summed E-state index contributed by atoms with van der Waals surface area (Å²) in [7, 11) is 1.80. The lowest BCUT2D eigenvalue weighted by molar-refractivity contribution is 0.863. The van der Waals surface area contributed by atoms with E-state index in [1.54, 1.807) is 13.4 Å². The fraction of sp³-hybridized carbons (Fsp3) is 0.471. The standard InChI is InChI=1S/C17H26N6S2/c1-14-16(23-13-22-14)12-25-10-8-21-17(18-2)20-7-9-24-11-15-5-3-4-6-19-15/h3-6,13H,7-12H2,1-2H3,(H,22,23)(H2,18,20,21). The molecule has 6 nitrogen and oxygen atoms in total. The molecule has 0 aliphatic carbocycles. The molecule has 2 aromatic heterocycles. The minimum absolute atomic E-state index is 0.856. The number of aryl methyl sites for hydroxylation is 1. The van der Waals surface area contributed by atoms with E-state index in [2.05, 4.69) is 43.6 Å². The van der Waals surface area contributed by atoms with Gasteiger partial charge in [-0.2, -0.15) is 23.5 Å². The summed E-state index contributed by atoms with van der Waals surface area (Å²) in [5.41, 5.74) is 3.41. The topological polar surface area (TPSA) is 78.0 Å². The lowest BCUT2D eigenvalue weighted by Gasteiger charge is -2.11. The van der Waals surface area contributed by atoms with Crippen molar-refractivity contribution in [2.24, 2.45) is 4.99 Å². The number of thioether (sulfide) groups is 2. The quantitative estimate of drug-likeness (QED) is 0.335. The van der Waals surface area contributed by atoms with E-state index in [4.69, 9.17) is 0 Å². The Bertz CT molecular complexity index is 629. The molecular formula is C17H26N6S2. The van der Waals surface area contributed by atoms with E-state index < -0.39 is 0 Å². The van der Waals surface area contributed by atoms with Crippen LogP contribution >= 0.6 is 23.5 Å². The predicted molar refractivity (Wildman–Crippen MR) is 109 cm³/mol. The van der Waals surface area contributed by atoms with Crippen molar-refractivity contribution in [1.82, 2.24) is 25.6 Å². The van der Waals surface area contributed by atoms with E-state index in [1.165, 1.54) is 0 Å². The molecule has 0 fully saturated rings. The number of aromatic nitrogens is 3. The Balaban J connectivity index is 1.50. The highest BCUT2D eigenvalue weighted by Crippen LogP contribution is 2.11. The first-order chi connectivity index (χ1) is 12.3. The number of nitrogens with zero attached hydrogens (tertiary/aromatic N) is 3. The second-order valence-corrected chi connectivity index (χ2v) is 7.54. The minimum atomic E-state index is 0.856. The first-order valence-corrected chi connectivity index (χ1v) is 10.6. The summed E-state index contributed by atoms with van der Waals surface area (Å²) in [4.78, 5) is 16.0. The van der Waals surface area contributed by atoms with Crippen LogP contribution in [0, 0.1) is 6.92 Å². The van der Waals surface area contributed by atoms with Crippen molar-refractivity contribution in [2.45, 2.75) is 18.4 Å². The smallest absolute Gasteiger partial charge is 0.191 e. The monoisotopic (exact) mass is 378 g/mol. The molecule has 0 amide bonds. The number of aromatic amines is 1. The molecule has 3 N–H and O–H groups in total. The van der Waals surface area contributed by atoms with Crippen LogP contribution in [0.15, 0.2) is 35.7 Å². The molecule has 0 spiro atoms. The molecule has 8 heteroatoms. The number of pyridine rings is 1. The van der Waals surface area contributed by atoms with E-state index in [0.717, 1.165) is 59.1 Å². The van der Waals surface area contributed by atoms with Gasteiger partial charge < -0.3 is 15.6 Å². The third-order valence-corrected chi connectivity index (χ3v) is 5.41. The summed E-state index contributed by atoms with van der Waals surface area (Å²) >= 11 is 3.74. The van der Waals surface area contributed by atoms with Gasteiger partial charge in [-0.15, -0.1) is 0 Å². The maximum absolute atomic E-state index is 4.32. The third-order valence-electron chi connectivity index (χ3n) is 3.45. The molecule has 0 bridgehead atoms. The normalized spacial score (nSPS) is 11.5. The summed E-state index contributed by atoms with van der Waals surface area (Å²) in [5.74, 6) is 4.77.